The molecular formula is C5H12NW-3. The van der Waals surface area contributed by atoms with Gasteiger partial charge in [-0.2, -0.15) is 6.54 Å². The maximum Gasteiger partial charge on any atom is 0 e. The van der Waals surface area contributed by atoms with Crippen molar-refractivity contribution in [1.82, 2.24) is 4.90 Å². The Balaban J connectivity index is -0.0000000800. The minimum atomic E-state index is 0. The van der Waals surface area contributed by atoms with Gasteiger partial charge in [-0.15, -0.1) is 0 Å². The quantitative estimate of drug-likeness (QED) is 0.642. The van der Waals surface area contributed by atoms with Crippen LogP contribution < -0.4 is 0 Å². The Labute approximate surface area is 61.4 Å². The molecule has 0 atom stereocenters. The first-order valence-corrected chi connectivity index (χ1v) is 1.58. The van der Waals surface area contributed by atoms with Gasteiger partial charge in [-0.05, 0) is 7.05 Å². The fraction of sp³-hybridized carbons (Fsp3) is 0.400. The Bertz CT molecular complexity index is 22.0. The van der Waals surface area contributed by atoms with Crippen molar-refractivity contribution in [3.05, 3.63) is 21.4 Å². The number of nitrogens with zero attached hydrogens (tertiary/aromatic N) is 1. The summed E-state index contributed by atoms with van der Waals surface area (Å²) in [4.78, 5) is 1.76. The van der Waals surface area contributed by atoms with Gasteiger partial charge >= 0.3 is 0 Å². The van der Waals surface area contributed by atoms with E-state index < -0.39 is 0 Å². The molecular weight excluding hydrogens is 258 g/mol. The summed E-state index contributed by atoms with van der Waals surface area (Å²) < 4.78 is 0. The molecule has 0 bridgehead atoms. The van der Waals surface area contributed by atoms with Crippen molar-refractivity contribution in [3.63, 3.8) is 0 Å². The summed E-state index contributed by atoms with van der Waals surface area (Å²) in [5.41, 5.74) is 0. The second kappa shape index (κ2) is 9.82. The van der Waals surface area contributed by atoms with Crippen LogP contribution in [0.3, 0.4) is 0 Å². The van der Waals surface area contributed by atoms with Crippen LogP contribution in [0.25, 0.3) is 0 Å². The van der Waals surface area contributed by atoms with Crippen molar-refractivity contribution in [2.75, 3.05) is 13.6 Å². The maximum atomic E-state index is 3.55. The van der Waals surface area contributed by atoms with Gasteiger partial charge in [0.15, 0.2) is 0 Å². The van der Waals surface area contributed by atoms with Crippen LogP contribution in [-0.2, 0) is 21.1 Å². The summed E-state index contributed by atoms with van der Waals surface area (Å²) in [6.45, 7) is 4.33. The molecule has 0 rings (SSSR count). The van der Waals surface area contributed by atoms with Gasteiger partial charge in [-0.3, -0.25) is 7.05 Å². The molecule has 0 spiro atoms. The third kappa shape index (κ3) is 20.5. The molecule has 2 heteroatoms. The average molecular weight is 270 g/mol. The third-order valence-electron chi connectivity index (χ3n) is 0.382. The third-order valence-corrected chi connectivity index (χ3v) is 0.382. The van der Waals surface area contributed by atoms with Crippen LogP contribution in [-0.4, -0.2) is 18.5 Å². The molecule has 0 N–H and O–H groups in total. The van der Waals surface area contributed by atoms with E-state index >= 15 is 0 Å². The second-order valence-electron chi connectivity index (χ2n) is 1.08. The van der Waals surface area contributed by atoms with Gasteiger partial charge in [0.1, 0.15) is 0 Å². The summed E-state index contributed by atoms with van der Waals surface area (Å²) in [6, 6.07) is 0. The number of hydrogen-bond donors (Lipinski definition) is 0. The van der Waals surface area contributed by atoms with E-state index in [4.69, 9.17) is 0 Å². The van der Waals surface area contributed by atoms with Gasteiger partial charge in [0.25, 0.3) is 0 Å². The zero-order valence-corrected chi connectivity index (χ0v) is 7.91. The van der Waals surface area contributed by atoms with E-state index in [-0.39, 0.29) is 28.5 Å². The van der Waals surface area contributed by atoms with Gasteiger partial charge in [0.05, 0.1) is 0 Å². The molecule has 1 nitrogen and oxygen atoms in total. The van der Waals surface area contributed by atoms with E-state index in [0.29, 0.717) is 0 Å². The van der Waals surface area contributed by atoms with E-state index in [0.717, 1.165) is 6.54 Å². The van der Waals surface area contributed by atoms with Crippen LogP contribution in [0, 0.1) is 21.4 Å². The molecule has 0 aliphatic rings. The van der Waals surface area contributed by atoms with E-state index in [9.17, 15) is 0 Å². The first-order valence-electron chi connectivity index (χ1n) is 1.58. The summed E-state index contributed by atoms with van der Waals surface area (Å²) in [5.74, 6) is 0. The topological polar surface area (TPSA) is 3.24 Å². The molecule has 0 heterocycles. The van der Waals surface area contributed by atoms with Crippen LogP contribution in [0.4, 0.5) is 0 Å². The molecule has 0 aromatic rings. The summed E-state index contributed by atoms with van der Waals surface area (Å²) >= 11 is 0. The van der Waals surface area contributed by atoms with Crippen LogP contribution >= 0.6 is 0 Å². The van der Waals surface area contributed by atoms with Crippen molar-refractivity contribution in [2.24, 2.45) is 0 Å². The largest absolute Gasteiger partial charge is 0.487 e. The van der Waals surface area contributed by atoms with Gasteiger partial charge in [-0.25, -0.2) is 0 Å². The predicted octanol–water partition coefficient (Wildman–Crippen LogP) is 0.992. The zero-order valence-electron chi connectivity index (χ0n) is 4.98. The van der Waals surface area contributed by atoms with Gasteiger partial charge in [0.2, 0.25) is 0 Å². The molecule has 0 amide bonds. The fourth-order valence-corrected chi connectivity index (χ4v) is 0. The molecule has 0 fully saturated rings. The average Bonchev–Trinajstić information content (AvgIpc) is 1.38. The summed E-state index contributed by atoms with van der Waals surface area (Å²) in [7, 11) is 5.41. The van der Waals surface area contributed by atoms with Crippen molar-refractivity contribution in [3.8, 4) is 0 Å². The summed E-state index contributed by atoms with van der Waals surface area (Å²) in [6.07, 6.45) is 0. The van der Waals surface area contributed by atoms with Crippen LogP contribution in [0.2, 0.25) is 0 Å². The Hall–Kier alpha value is 0.648. The van der Waals surface area contributed by atoms with Gasteiger partial charge < -0.3 is 19.3 Å². The van der Waals surface area contributed by atoms with Crippen molar-refractivity contribution in [2.45, 2.75) is 0 Å². The van der Waals surface area contributed by atoms with E-state index in [1.165, 1.54) is 0 Å². The monoisotopic (exact) mass is 270 g/mol. The minimum absolute atomic E-state index is 0. The van der Waals surface area contributed by atoms with E-state index in [2.05, 4.69) is 14.0 Å². The zero-order chi connectivity index (χ0) is 4.28. The molecule has 46 valence electrons. The Morgan fingerprint density at radius 2 is 1.71 bits per heavy atom. The molecule has 7 heavy (non-hydrogen) atoms. The van der Waals surface area contributed by atoms with Crippen molar-refractivity contribution < 1.29 is 21.1 Å². The van der Waals surface area contributed by atoms with Crippen LogP contribution in [0.1, 0.15) is 0 Å². The molecule has 0 aromatic carbocycles. The molecule has 0 saturated carbocycles. The Kier molecular flexibility index (Phi) is 21.9. The Morgan fingerprint density at radius 3 is 1.71 bits per heavy atom. The van der Waals surface area contributed by atoms with E-state index in [1.54, 1.807) is 4.90 Å². The van der Waals surface area contributed by atoms with Gasteiger partial charge in [-0.1, -0.05) is 0 Å². The van der Waals surface area contributed by atoms with Crippen LogP contribution in [0.5, 0.6) is 0 Å². The van der Waals surface area contributed by atoms with Crippen LogP contribution in [0.15, 0.2) is 0 Å². The van der Waals surface area contributed by atoms with Gasteiger partial charge in [0, 0.05) is 21.1 Å². The maximum absolute atomic E-state index is 3.55. The SMILES string of the molecule is [CH2-]CN([CH2-])C.[CH3-].[W]. The first-order chi connectivity index (χ1) is 2.27. The summed E-state index contributed by atoms with van der Waals surface area (Å²) in [5, 5.41) is 0. The standard InChI is InChI=1S/C4H9N.CH3.W/c1-4-5(2)3;;/h1-2,4H2,3H3;1H3;/q-2;-1;. The van der Waals surface area contributed by atoms with Crippen molar-refractivity contribution in [1.29, 1.82) is 0 Å². The van der Waals surface area contributed by atoms with Crippen molar-refractivity contribution >= 4 is 0 Å². The molecule has 0 saturated heterocycles. The second-order valence-corrected chi connectivity index (χ2v) is 1.08. The Morgan fingerprint density at radius 1 is 1.57 bits per heavy atom. The normalized spacial score (nSPS) is 6.86. The fourth-order valence-electron chi connectivity index (χ4n) is 0. The smallest absolute Gasteiger partial charge is 0 e. The predicted molar refractivity (Wildman–Crippen MR) is 29.8 cm³/mol. The van der Waals surface area contributed by atoms with E-state index in [1.807, 2.05) is 7.05 Å². The number of rotatable bonds is 1. The molecule has 0 radical (unpaired) electrons. The first kappa shape index (κ1) is 15.6. The molecule has 0 aliphatic carbocycles. The minimum Gasteiger partial charge on any atom is -0.487 e. The molecule has 0 unspecified atom stereocenters. The molecule has 0 aromatic heterocycles. The molecule has 0 aliphatic heterocycles. The number of hydrogen-bond acceptors (Lipinski definition) is 1.